The van der Waals surface area contributed by atoms with E-state index < -0.39 is 0 Å². The third kappa shape index (κ3) is 3.45. The van der Waals surface area contributed by atoms with Crippen molar-refractivity contribution in [3.8, 4) is 0 Å². The molecular weight excluding hydrogens is 236 g/mol. The number of rotatable bonds is 4. The summed E-state index contributed by atoms with van der Waals surface area (Å²) in [6.45, 7) is 6.85. The zero-order valence-electron chi connectivity index (χ0n) is 12.1. The highest BCUT2D eigenvalue weighted by Gasteiger charge is 2.33. The number of nitrogens with zero attached hydrogens (tertiary/aromatic N) is 2. The van der Waals surface area contributed by atoms with E-state index in [0.29, 0.717) is 5.82 Å². The second-order valence-corrected chi connectivity index (χ2v) is 6.10. The summed E-state index contributed by atoms with van der Waals surface area (Å²) in [5, 5.41) is 0. The molecule has 1 aliphatic heterocycles. The van der Waals surface area contributed by atoms with Crippen LogP contribution in [0.1, 0.15) is 38.7 Å². The maximum Gasteiger partial charge on any atom is 0.123 e. The summed E-state index contributed by atoms with van der Waals surface area (Å²) < 4.78 is 0. The average molecular weight is 262 g/mol. The molecule has 4 nitrogen and oxygen atoms in total. The number of aromatic nitrogens is 1. The van der Waals surface area contributed by atoms with Crippen molar-refractivity contribution in [2.75, 3.05) is 18.8 Å². The Balaban J connectivity index is 2.03. The lowest BCUT2D eigenvalue weighted by Gasteiger charge is -2.44. The molecule has 1 aliphatic rings. The number of nitrogens with two attached hydrogens (primary N) is 2. The van der Waals surface area contributed by atoms with Crippen molar-refractivity contribution >= 4 is 5.82 Å². The normalized spacial score (nSPS) is 19.3. The zero-order chi connectivity index (χ0) is 13.9. The Morgan fingerprint density at radius 3 is 2.63 bits per heavy atom. The van der Waals surface area contributed by atoms with E-state index in [0.717, 1.165) is 6.42 Å². The van der Waals surface area contributed by atoms with E-state index in [4.69, 9.17) is 11.5 Å². The van der Waals surface area contributed by atoms with Crippen molar-refractivity contribution < 1.29 is 0 Å². The number of hydrogen-bond acceptors (Lipinski definition) is 4. The average Bonchev–Trinajstić information content (AvgIpc) is 2.39. The quantitative estimate of drug-likeness (QED) is 0.868. The van der Waals surface area contributed by atoms with E-state index in [1.54, 1.807) is 6.20 Å². The van der Waals surface area contributed by atoms with Crippen molar-refractivity contribution in [3.05, 3.63) is 23.9 Å². The van der Waals surface area contributed by atoms with Crippen LogP contribution >= 0.6 is 0 Å². The lowest BCUT2D eigenvalue weighted by atomic mass is 9.87. The van der Waals surface area contributed by atoms with Gasteiger partial charge in [-0.1, -0.05) is 6.42 Å². The molecule has 0 spiro atoms. The first-order chi connectivity index (χ1) is 9.00. The van der Waals surface area contributed by atoms with Crippen LogP contribution in [-0.4, -0.2) is 34.6 Å². The minimum absolute atomic E-state index is 0.0262. The molecule has 1 fully saturated rings. The molecule has 19 heavy (non-hydrogen) atoms. The van der Waals surface area contributed by atoms with Crippen LogP contribution in [0, 0.1) is 0 Å². The maximum atomic E-state index is 6.46. The van der Waals surface area contributed by atoms with Gasteiger partial charge in [0.15, 0.2) is 0 Å². The van der Waals surface area contributed by atoms with Gasteiger partial charge in [0.05, 0.1) is 0 Å². The lowest BCUT2D eigenvalue weighted by Crippen LogP contribution is -2.58. The fourth-order valence-electron chi connectivity index (χ4n) is 2.83. The molecule has 0 saturated carbocycles. The predicted molar refractivity (Wildman–Crippen MR) is 79.8 cm³/mol. The van der Waals surface area contributed by atoms with Gasteiger partial charge in [0, 0.05) is 17.8 Å². The lowest BCUT2D eigenvalue weighted by molar-refractivity contribution is 0.0731. The molecule has 1 saturated heterocycles. The highest BCUT2D eigenvalue weighted by molar-refractivity contribution is 5.32. The zero-order valence-corrected chi connectivity index (χ0v) is 12.1. The van der Waals surface area contributed by atoms with E-state index in [-0.39, 0.29) is 11.6 Å². The van der Waals surface area contributed by atoms with Crippen LogP contribution in [0.3, 0.4) is 0 Å². The summed E-state index contributed by atoms with van der Waals surface area (Å²) in [4.78, 5) is 6.56. The highest BCUT2D eigenvalue weighted by Crippen LogP contribution is 2.24. The van der Waals surface area contributed by atoms with E-state index in [1.807, 2.05) is 12.1 Å². The van der Waals surface area contributed by atoms with Crippen LogP contribution in [-0.2, 0) is 6.42 Å². The molecule has 1 aromatic rings. The van der Waals surface area contributed by atoms with Crippen LogP contribution in [0.5, 0.6) is 0 Å². The molecule has 0 aromatic carbocycles. The van der Waals surface area contributed by atoms with Crippen LogP contribution in [0.4, 0.5) is 5.82 Å². The van der Waals surface area contributed by atoms with Gasteiger partial charge in [-0.05, 0) is 63.9 Å². The molecule has 106 valence electrons. The predicted octanol–water partition coefficient (Wildman–Crippen LogP) is 1.80. The Hall–Kier alpha value is -1.13. The Bertz CT molecular complexity index is 410. The van der Waals surface area contributed by atoms with Gasteiger partial charge in [0.2, 0.25) is 0 Å². The third-order valence-corrected chi connectivity index (χ3v) is 4.38. The molecule has 0 amide bonds. The first-order valence-electron chi connectivity index (χ1n) is 7.21. The van der Waals surface area contributed by atoms with Gasteiger partial charge in [0.25, 0.3) is 0 Å². The number of pyridine rings is 1. The molecule has 0 bridgehead atoms. The monoisotopic (exact) mass is 262 g/mol. The Kier molecular flexibility index (Phi) is 4.42. The van der Waals surface area contributed by atoms with Crippen LogP contribution in [0.15, 0.2) is 18.3 Å². The molecule has 2 heterocycles. The van der Waals surface area contributed by atoms with Crippen molar-refractivity contribution in [2.24, 2.45) is 5.73 Å². The number of anilines is 1. The van der Waals surface area contributed by atoms with Crippen LogP contribution < -0.4 is 11.5 Å². The van der Waals surface area contributed by atoms with Crippen molar-refractivity contribution in [3.63, 3.8) is 0 Å². The molecule has 1 unspecified atom stereocenters. The van der Waals surface area contributed by atoms with Crippen molar-refractivity contribution in [1.29, 1.82) is 0 Å². The molecule has 4 N–H and O–H groups in total. The Morgan fingerprint density at radius 2 is 2.00 bits per heavy atom. The van der Waals surface area contributed by atoms with Gasteiger partial charge < -0.3 is 11.5 Å². The number of likely N-dealkylation sites (tertiary alicyclic amines) is 1. The summed E-state index contributed by atoms with van der Waals surface area (Å²) in [6.07, 6.45) is 6.53. The van der Waals surface area contributed by atoms with E-state index in [1.165, 1.54) is 37.9 Å². The second kappa shape index (κ2) is 5.88. The van der Waals surface area contributed by atoms with E-state index in [2.05, 4.69) is 23.7 Å². The van der Waals surface area contributed by atoms with Crippen LogP contribution in [0.2, 0.25) is 0 Å². The molecular formula is C15H26N4. The van der Waals surface area contributed by atoms with E-state index >= 15 is 0 Å². The Labute approximate surface area is 116 Å². The summed E-state index contributed by atoms with van der Waals surface area (Å²) in [7, 11) is 0. The van der Waals surface area contributed by atoms with Gasteiger partial charge in [-0.15, -0.1) is 0 Å². The summed E-state index contributed by atoms with van der Waals surface area (Å²) >= 11 is 0. The summed E-state index contributed by atoms with van der Waals surface area (Å²) in [5.41, 5.74) is 13.4. The first kappa shape index (κ1) is 14.3. The number of piperidine rings is 1. The summed E-state index contributed by atoms with van der Waals surface area (Å²) in [5.74, 6) is 0.570. The van der Waals surface area contributed by atoms with Gasteiger partial charge >= 0.3 is 0 Å². The summed E-state index contributed by atoms with van der Waals surface area (Å²) in [6, 6.07) is 4.03. The molecule has 2 rings (SSSR count). The largest absolute Gasteiger partial charge is 0.384 e. The smallest absolute Gasteiger partial charge is 0.123 e. The molecule has 1 aromatic heterocycles. The third-order valence-electron chi connectivity index (χ3n) is 4.38. The van der Waals surface area contributed by atoms with Gasteiger partial charge in [-0.25, -0.2) is 4.98 Å². The SMILES string of the molecule is CC(C)(C(N)Cc1ccnc(N)c1)N1CCCCC1. The standard InChI is InChI=1S/C15H26N4/c1-15(2,19-8-4-3-5-9-19)13(16)10-12-6-7-18-14(17)11-12/h6-7,11,13H,3-5,8-10,16H2,1-2H3,(H2,17,18). The Morgan fingerprint density at radius 1 is 1.32 bits per heavy atom. The van der Waals surface area contributed by atoms with Crippen LogP contribution in [0.25, 0.3) is 0 Å². The van der Waals surface area contributed by atoms with Crippen molar-refractivity contribution in [1.82, 2.24) is 9.88 Å². The number of nitrogen functional groups attached to an aromatic ring is 1. The topological polar surface area (TPSA) is 68.2 Å². The number of hydrogen-bond donors (Lipinski definition) is 2. The van der Waals surface area contributed by atoms with E-state index in [9.17, 15) is 0 Å². The molecule has 4 heteroatoms. The minimum Gasteiger partial charge on any atom is -0.384 e. The molecule has 1 atom stereocenters. The second-order valence-electron chi connectivity index (χ2n) is 6.10. The van der Waals surface area contributed by atoms with Gasteiger partial charge in [-0.2, -0.15) is 0 Å². The maximum absolute atomic E-state index is 6.46. The fraction of sp³-hybridized carbons (Fsp3) is 0.667. The van der Waals surface area contributed by atoms with Gasteiger partial charge in [0.1, 0.15) is 5.82 Å². The fourth-order valence-corrected chi connectivity index (χ4v) is 2.83. The minimum atomic E-state index is 0.0262. The highest BCUT2D eigenvalue weighted by atomic mass is 15.2. The van der Waals surface area contributed by atoms with Crippen molar-refractivity contribution in [2.45, 2.75) is 51.1 Å². The van der Waals surface area contributed by atoms with Gasteiger partial charge in [-0.3, -0.25) is 4.90 Å². The first-order valence-corrected chi connectivity index (χ1v) is 7.21. The molecule has 0 radical (unpaired) electrons. The molecule has 0 aliphatic carbocycles.